The first-order valence-corrected chi connectivity index (χ1v) is 9.16. The summed E-state index contributed by atoms with van der Waals surface area (Å²) in [5.74, 6) is 1.15. The summed E-state index contributed by atoms with van der Waals surface area (Å²) in [7, 11) is 0. The Balaban J connectivity index is 1.58. The van der Waals surface area contributed by atoms with Crippen molar-refractivity contribution in [3.8, 4) is 11.5 Å². The average molecular weight is 356 g/mol. The van der Waals surface area contributed by atoms with Crippen molar-refractivity contribution in [3.63, 3.8) is 0 Å². The van der Waals surface area contributed by atoms with E-state index < -0.39 is 0 Å². The van der Waals surface area contributed by atoms with Gasteiger partial charge in [0.15, 0.2) is 0 Å². The molecule has 1 N–H and O–H groups in total. The lowest BCUT2D eigenvalue weighted by Crippen LogP contribution is -2.33. The van der Waals surface area contributed by atoms with Crippen molar-refractivity contribution < 1.29 is 9.84 Å². The molecule has 0 spiro atoms. The van der Waals surface area contributed by atoms with Crippen LogP contribution < -0.4 is 4.74 Å². The van der Waals surface area contributed by atoms with E-state index in [0.29, 0.717) is 0 Å². The third kappa shape index (κ3) is 2.74. The number of fused-ring (bicyclic) bond motifs is 3. The van der Waals surface area contributed by atoms with Gasteiger partial charge in [-0.2, -0.15) is 5.10 Å². The average Bonchev–Trinajstić information content (AvgIpc) is 3.14. The van der Waals surface area contributed by atoms with Crippen LogP contribution in [0.25, 0.3) is 0 Å². The molecule has 2 aliphatic heterocycles. The fourth-order valence-electron chi connectivity index (χ4n) is 3.81. The number of hydrazone groups is 1. The van der Waals surface area contributed by atoms with E-state index in [1.54, 1.807) is 12.1 Å². The second kappa shape index (κ2) is 6.16. The van der Waals surface area contributed by atoms with Crippen molar-refractivity contribution in [2.45, 2.75) is 25.6 Å². The van der Waals surface area contributed by atoms with Crippen LogP contribution in [-0.2, 0) is 0 Å². The number of ether oxygens (including phenoxy) is 1. The van der Waals surface area contributed by atoms with Gasteiger partial charge >= 0.3 is 0 Å². The molecular weight excluding hydrogens is 336 g/mol. The predicted octanol–water partition coefficient (Wildman–Crippen LogP) is 4.94. The van der Waals surface area contributed by atoms with E-state index >= 15 is 0 Å². The van der Waals surface area contributed by atoms with E-state index in [9.17, 15) is 5.11 Å². The van der Waals surface area contributed by atoms with E-state index in [-0.39, 0.29) is 18.0 Å². The SMILES string of the molecule is Cc1ccc(C2=NN3[C@@H](c4ccc(O)cc4)Oc4ccccc4[C@@H]3C2)cc1. The molecule has 3 aromatic carbocycles. The lowest BCUT2D eigenvalue weighted by molar-refractivity contribution is -0.0190. The van der Waals surface area contributed by atoms with Gasteiger partial charge in [-0.3, -0.25) is 0 Å². The molecule has 0 aromatic heterocycles. The number of rotatable bonds is 2. The molecule has 0 saturated heterocycles. The van der Waals surface area contributed by atoms with Gasteiger partial charge in [-0.05, 0) is 42.8 Å². The number of hydrogen-bond acceptors (Lipinski definition) is 4. The van der Waals surface area contributed by atoms with Crippen molar-refractivity contribution in [3.05, 3.63) is 95.1 Å². The fraction of sp³-hybridized carbons (Fsp3) is 0.174. The largest absolute Gasteiger partial charge is 0.508 e. The van der Waals surface area contributed by atoms with Crippen LogP contribution in [-0.4, -0.2) is 15.8 Å². The zero-order valence-corrected chi connectivity index (χ0v) is 15.0. The molecule has 0 bridgehead atoms. The number of phenolic OH excluding ortho intramolecular Hbond substituents is 1. The Hall–Kier alpha value is -3.27. The molecule has 2 atom stereocenters. The summed E-state index contributed by atoms with van der Waals surface area (Å²) >= 11 is 0. The third-order valence-corrected chi connectivity index (χ3v) is 5.26. The van der Waals surface area contributed by atoms with Gasteiger partial charge in [0.25, 0.3) is 0 Å². The molecule has 4 nitrogen and oxygen atoms in total. The Kier molecular flexibility index (Phi) is 3.64. The molecule has 0 saturated carbocycles. The van der Waals surface area contributed by atoms with Crippen LogP contribution in [0, 0.1) is 6.92 Å². The topological polar surface area (TPSA) is 45.1 Å². The van der Waals surface area contributed by atoms with E-state index in [2.05, 4.69) is 42.3 Å². The highest BCUT2D eigenvalue weighted by atomic mass is 16.5. The smallest absolute Gasteiger partial charge is 0.213 e. The number of aromatic hydroxyl groups is 1. The van der Waals surface area contributed by atoms with Crippen LogP contribution in [0.1, 0.15) is 40.9 Å². The molecular formula is C23H20N2O2. The first kappa shape index (κ1) is 15.9. The van der Waals surface area contributed by atoms with E-state index in [0.717, 1.165) is 29.0 Å². The van der Waals surface area contributed by atoms with Crippen LogP contribution in [0.4, 0.5) is 0 Å². The maximum Gasteiger partial charge on any atom is 0.213 e. The van der Waals surface area contributed by atoms with Crippen LogP contribution >= 0.6 is 0 Å². The van der Waals surface area contributed by atoms with Gasteiger partial charge in [-0.25, -0.2) is 5.01 Å². The molecule has 0 fully saturated rings. The third-order valence-electron chi connectivity index (χ3n) is 5.26. The molecule has 2 heterocycles. The first-order chi connectivity index (χ1) is 13.2. The Morgan fingerprint density at radius 1 is 0.963 bits per heavy atom. The van der Waals surface area contributed by atoms with Crippen molar-refractivity contribution in [1.82, 2.24) is 5.01 Å². The summed E-state index contributed by atoms with van der Waals surface area (Å²) in [6.45, 7) is 2.09. The summed E-state index contributed by atoms with van der Waals surface area (Å²) in [5, 5.41) is 16.6. The summed E-state index contributed by atoms with van der Waals surface area (Å²) in [6.07, 6.45) is 0.534. The lowest BCUT2D eigenvalue weighted by Gasteiger charge is -2.38. The zero-order valence-electron chi connectivity index (χ0n) is 15.0. The normalized spacial score (nSPS) is 20.5. The van der Waals surface area contributed by atoms with E-state index in [1.165, 1.54) is 11.1 Å². The van der Waals surface area contributed by atoms with Crippen molar-refractivity contribution in [1.29, 1.82) is 0 Å². The molecule has 5 rings (SSSR count). The minimum Gasteiger partial charge on any atom is -0.508 e. The molecule has 0 amide bonds. The van der Waals surface area contributed by atoms with Crippen LogP contribution in [0.5, 0.6) is 11.5 Å². The predicted molar refractivity (Wildman–Crippen MR) is 105 cm³/mol. The standard InChI is InChI=1S/C23H20N2O2/c1-15-6-8-16(9-7-15)20-14-21-19-4-2-3-5-22(19)27-23(25(21)24-20)17-10-12-18(26)13-11-17/h2-13,21,23,26H,14H2,1H3/t21-,23+/m0/s1. The Morgan fingerprint density at radius 2 is 1.70 bits per heavy atom. The maximum atomic E-state index is 9.63. The second-order valence-electron chi connectivity index (χ2n) is 7.11. The number of aryl methyl sites for hydroxylation is 1. The molecule has 0 radical (unpaired) electrons. The molecule has 4 heteroatoms. The molecule has 0 aliphatic carbocycles. The van der Waals surface area contributed by atoms with Gasteiger partial charge in [0.1, 0.15) is 11.5 Å². The molecule has 0 unspecified atom stereocenters. The van der Waals surface area contributed by atoms with Gasteiger partial charge in [0, 0.05) is 17.5 Å². The highest BCUT2D eigenvalue weighted by Crippen LogP contribution is 2.47. The number of benzene rings is 3. The monoisotopic (exact) mass is 356 g/mol. The van der Waals surface area contributed by atoms with Crippen LogP contribution in [0.15, 0.2) is 77.9 Å². The summed E-state index contributed by atoms with van der Waals surface area (Å²) < 4.78 is 6.31. The molecule has 27 heavy (non-hydrogen) atoms. The molecule has 2 aliphatic rings. The molecule has 3 aromatic rings. The number of hydrogen-bond donors (Lipinski definition) is 1. The minimum absolute atomic E-state index is 0.144. The fourth-order valence-corrected chi connectivity index (χ4v) is 3.81. The van der Waals surface area contributed by atoms with Crippen molar-refractivity contribution in [2.75, 3.05) is 0 Å². The lowest BCUT2D eigenvalue weighted by atomic mass is 9.95. The van der Waals surface area contributed by atoms with Gasteiger partial charge in [-0.15, -0.1) is 0 Å². The Bertz CT molecular complexity index is 1010. The Labute approximate surface area is 158 Å². The summed E-state index contributed by atoms with van der Waals surface area (Å²) in [6, 6.07) is 24.0. The van der Waals surface area contributed by atoms with E-state index in [4.69, 9.17) is 9.84 Å². The van der Waals surface area contributed by atoms with Crippen LogP contribution in [0.3, 0.4) is 0 Å². The van der Waals surface area contributed by atoms with Crippen LogP contribution in [0.2, 0.25) is 0 Å². The Morgan fingerprint density at radius 3 is 2.48 bits per heavy atom. The van der Waals surface area contributed by atoms with Gasteiger partial charge in [0.2, 0.25) is 6.23 Å². The summed E-state index contributed by atoms with van der Waals surface area (Å²) in [4.78, 5) is 0. The highest BCUT2D eigenvalue weighted by Gasteiger charge is 2.40. The van der Waals surface area contributed by atoms with Gasteiger partial charge in [-0.1, -0.05) is 48.0 Å². The summed E-state index contributed by atoms with van der Waals surface area (Å²) in [5.41, 5.74) is 5.60. The van der Waals surface area contributed by atoms with E-state index in [1.807, 2.05) is 30.3 Å². The van der Waals surface area contributed by atoms with Gasteiger partial charge in [0.05, 0.1) is 11.8 Å². The number of nitrogens with zero attached hydrogens (tertiary/aromatic N) is 2. The maximum absolute atomic E-state index is 9.63. The first-order valence-electron chi connectivity index (χ1n) is 9.16. The quantitative estimate of drug-likeness (QED) is 0.707. The van der Waals surface area contributed by atoms with Crippen molar-refractivity contribution in [2.24, 2.45) is 5.10 Å². The van der Waals surface area contributed by atoms with Crippen molar-refractivity contribution >= 4 is 5.71 Å². The number of para-hydroxylation sites is 1. The minimum atomic E-state index is -0.312. The second-order valence-corrected chi connectivity index (χ2v) is 7.11. The molecule has 134 valence electrons. The van der Waals surface area contributed by atoms with Gasteiger partial charge < -0.3 is 9.84 Å². The highest BCUT2D eigenvalue weighted by molar-refractivity contribution is 6.02. The zero-order chi connectivity index (χ0) is 18.4. The number of phenols is 1.